The van der Waals surface area contributed by atoms with Gasteiger partial charge in [-0.05, 0) is 66.3 Å². The normalized spacial score (nSPS) is 10.6. The molecule has 1 aromatic heterocycles. The van der Waals surface area contributed by atoms with Crippen LogP contribution < -0.4 is 5.32 Å². The van der Waals surface area contributed by atoms with E-state index in [-0.39, 0.29) is 5.91 Å². The van der Waals surface area contributed by atoms with Crippen LogP contribution in [0.1, 0.15) is 21.6 Å². The zero-order valence-electron chi connectivity index (χ0n) is 12.9. The number of nitrogens with one attached hydrogen (secondary N) is 1. The van der Waals surface area contributed by atoms with Crippen molar-refractivity contribution in [2.45, 2.75) is 13.8 Å². The fourth-order valence-corrected chi connectivity index (χ4v) is 2.98. The first kappa shape index (κ1) is 15.7. The van der Waals surface area contributed by atoms with Crippen LogP contribution in [0.15, 0.2) is 54.7 Å². The van der Waals surface area contributed by atoms with Crippen molar-refractivity contribution in [1.82, 2.24) is 9.78 Å². The minimum Gasteiger partial charge on any atom is -0.322 e. The molecule has 0 saturated carbocycles. The molecule has 0 atom stereocenters. The molecular weight excluding hydrogens is 401 g/mol. The van der Waals surface area contributed by atoms with Gasteiger partial charge in [0.1, 0.15) is 0 Å². The monoisotopic (exact) mass is 417 g/mol. The van der Waals surface area contributed by atoms with Crippen molar-refractivity contribution in [1.29, 1.82) is 0 Å². The van der Waals surface area contributed by atoms with Gasteiger partial charge in [-0.3, -0.25) is 4.79 Å². The SMILES string of the molecule is Cc1ccccc1-n1ncc(C(=O)Nc2cccc(I)c2)c1C. The number of aryl methyl sites for hydroxylation is 1. The zero-order chi connectivity index (χ0) is 16.4. The van der Waals surface area contributed by atoms with E-state index >= 15 is 0 Å². The molecule has 3 rings (SSSR count). The third-order valence-corrected chi connectivity index (χ3v) is 4.35. The van der Waals surface area contributed by atoms with Crippen molar-refractivity contribution in [3.8, 4) is 5.69 Å². The molecule has 23 heavy (non-hydrogen) atoms. The topological polar surface area (TPSA) is 46.9 Å². The third kappa shape index (κ3) is 3.29. The molecule has 0 aliphatic heterocycles. The Hall–Kier alpha value is -2.15. The van der Waals surface area contributed by atoms with E-state index in [2.05, 4.69) is 33.0 Å². The van der Waals surface area contributed by atoms with Crippen LogP contribution in [0.4, 0.5) is 5.69 Å². The van der Waals surface area contributed by atoms with Gasteiger partial charge in [0, 0.05) is 9.26 Å². The summed E-state index contributed by atoms with van der Waals surface area (Å²) in [4.78, 5) is 12.5. The number of para-hydroxylation sites is 1. The predicted octanol–water partition coefficient (Wildman–Crippen LogP) is 4.35. The third-order valence-electron chi connectivity index (χ3n) is 3.68. The molecule has 0 radical (unpaired) electrons. The van der Waals surface area contributed by atoms with Crippen LogP contribution in [-0.4, -0.2) is 15.7 Å². The smallest absolute Gasteiger partial charge is 0.259 e. The fourth-order valence-electron chi connectivity index (χ4n) is 2.44. The minimum absolute atomic E-state index is 0.149. The molecule has 0 spiro atoms. The van der Waals surface area contributed by atoms with Gasteiger partial charge in [0.15, 0.2) is 0 Å². The van der Waals surface area contributed by atoms with E-state index in [4.69, 9.17) is 0 Å². The summed E-state index contributed by atoms with van der Waals surface area (Å²) in [5, 5.41) is 7.30. The first-order valence-electron chi connectivity index (χ1n) is 7.24. The molecule has 1 amide bonds. The van der Waals surface area contributed by atoms with Crippen molar-refractivity contribution in [2.24, 2.45) is 0 Å². The second-order valence-electron chi connectivity index (χ2n) is 5.31. The molecule has 3 aromatic rings. The Morgan fingerprint density at radius 1 is 1.13 bits per heavy atom. The molecule has 5 heteroatoms. The van der Waals surface area contributed by atoms with Gasteiger partial charge in [0.05, 0.1) is 23.1 Å². The quantitative estimate of drug-likeness (QED) is 0.645. The van der Waals surface area contributed by atoms with Crippen LogP contribution in [0.3, 0.4) is 0 Å². The molecule has 2 aromatic carbocycles. The maximum absolute atomic E-state index is 12.5. The number of halogens is 1. The van der Waals surface area contributed by atoms with Gasteiger partial charge < -0.3 is 5.32 Å². The van der Waals surface area contributed by atoms with Crippen molar-refractivity contribution in [3.63, 3.8) is 0 Å². The molecule has 0 saturated heterocycles. The highest BCUT2D eigenvalue weighted by atomic mass is 127. The second kappa shape index (κ2) is 6.54. The standard InChI is InChI=1S/C18H16IN3O/c1-12-6-3-4-9-17(12)22-13(2)16(11-20-22)18(23)21-15-8-5-7-14(19)10-15/h3-11H,1-2H3,(H,21,23). The maximum Gasteiger partial charge on any atom is 0.259 e. The highest BCUT2D eigenvalue weighted by molar-refractivity contribution is 14.1. The number of hydrogen-bond acceptors (Lipinski definition) is 2. The minimum atomic E-state index is -0.149. The maximum atomic E-state index is 12.5. The molecular formula is C18H16IN3O. The molecule has 0 aliphatic carbocycles. The number of nitrogens with zero attached hydrogens (tertiary/aromatic N) is 2. The van der Waals surface area contributed by atoms with Gasteiger partial charge in [0.2, 0.25) is 0 Å². The van der Waals surface area contributed by atoms with Gasteiger partial charge in [-0.2, -0.15) is 5.10 Å². The summed E-state index contributed by atoms with van der Waals surface area (Å²) in [5.41, 5.74) is 4.28. The molecule has 1 heterocycles. The largest absolute Gasteiger partial charge is 0.322 e. The summed E-state index contributed by atoms with van der Waals surface area (Å²) in [6.45, 7) is 3.94. The highest BCUT2D eigenvalue weighted by Gasteiger charge is 2.16. The number of aromatic nitrogens is 2. The van der Waals surface area contributed by atoms with Gasteiger partial charge in [-0.15, -0.1) is 0 Å². The number of hydrogen-bond donors (Lipinski definition) is 1. The van der Waals surface area contributed by atoms with E-state index in [1.807, 2.05) is 62.4 Å². The van der Waals surface area contributed by atoms with E-state index in [0.29, 0.717) is 5.56 Å². The number of carbonyl (C=O) groups excluding carboxylic acids is 1. The van der Waals surface area contributed by atoms with E-state index in [1.165, 1.54) is 0 Å². The van der Waals surface area contributed by atoms with E-state index < -0.39 is 0 Å². The Labute approximate surface area is 148 Å². The molecule has 0 fully saturated rings. The first-order chi connectivity index (χ1) is 11.1. The molecule has 0 unspecified atom stereocenters. The van der Waals surface area contributed by atoms with Crippen LogP contribution in [0.2, 0.25) is 0 Å². The Morgan fingerprint density at radius 3 is 2.65 bits per heavy atom. The molecule has 4 nitrogen and oxygen atoms in total. The summed E-state index contributed by atoms with van der Waals surface area (Å²) in [5.74, 6) is -0.149. The average molecular weight is 417 g/mol. The molecule has 1 N–H and O–H groups in total. The number of anilines is 1. The van der Waals surface area contributed by atoms with Crippen molar-refractivity contribution < 1.29 is 4.79 Å². The Kier molecular flexibility index (Phi) is 4.47. The fraction of sp³-hybridized carbons (Fsp3) is 0.111. The summed E-state index contributed by atoms with van der Waals surface area (Å²) < 4.78 is 2.88. The van der Waals surface area contributed by atoms with Crippen LogP contribution in [-0.2, 0) is 0 Å². The Bertz CT molecular complexity index is 870. The van der Waals surface area contributed by atoms with Crippen LogP contribution >= 0.6 is 22.6 Å². The van der Waals surface area contributed by atoms with Crippen molar-refractivity contribution >= 4 is 34.2 Å². The lowest BCUT2D eigenvalue weighted by Crippen LogP contribution is -2.13. The van der Waals surface area contributed by atoms with Crippen molar-refractivity contribution in [2.75, 3.05) is 5.32 Å². The van der Waals surface area contributed by atoms with Gasteiger partial charge in [-0.25, -0.2) is 4.68 Å². The molecule has 116 valence electrons. The zero-order valence-corrected chi connectivity index (χ0v) is 15.0. The lowest BCUT2D eigenvalue weighted by molar-refractivity contribution is 0.102. The molecule has 0 bridgehead atoms. The second-order valence-corrected chi connectivity index (χ2v) is 6.55. The summed E-state index contributed by atoms with van der Waals surface area (Å²) in [6, 6.07) is 15.7. The highest BCUT2D eigenvalue weighted by Crippen LogP contribution is 2.19. The van der Waals surface area contributed by atoms with Gasteiger partial charge in [0.25, 0.3) is 5.91 Å². The summed E-state index contributed by atoms with van der Waals surface area (Å²) in [7, 11) is 0. The van der Waals surface area contributed by atoms with Gasteiger partial charge >= 0.3 is 0 Å². The number of amides is 1. The lowest BCUT2D eigenvalue weighted by atomic mass is 10.2. The first-order valence-corrected chi connectivity index (χ1v) is 8.31. The average Bonchev–Trinajstić information content (AvgIpc) is 2.89. The van der Waals surface area contributed by atoms with E-state index in [1.54, 1.807) is 10.9 Å². The van der Waals surface area contributed by atoms with E-state index in [0.717, 1.165) is 26.2 Å². The number of benzene rings is 2. The van der Waals surface area contributed by atoms with Gasteiger partial charge in [-0.1, -0.05) is 24.3 Å². The van der Waals surface area contributed by atoms with E-state index in [9.17, 15) is 4.79 Å². The van der Waals surface area contributed by atoms with Crippen LogP contribution in [0.25, 0.3) is 5.69 Å². The van der Waals surface area contributed by atoms with Crippen LogP contribution in [0.5, 0.6) is 0 Å². The Morgan fingerprint density at radius 2 is 1.91 bits per heavy atom. The number of carbonyl (C=O) groups is 1. The van der Waals surface area contributed by atoms with Crippen molar-refractivity contribution in [3.05, 3.63) is 75.1 Å². The number of rotatable bonds is 3. The molecule has 0 aliphatic rings. The van der Waals surface area contributed by atoms with Crippen LogP contribution in [0, 0.1) is 17.4 Å². The summed E-state index contributed by atoms with van der Waals surface area (Å²) in [6.07, 6.45) is 1.62. The Balaban J connectivity index is 1.90. The predicted molar refractivity (Wildman–Crippen MR) is 100 cm³/mol. The summed E-state index contributed by atoms with van der Waals surface area (Å²) >= 11 is 2.22. The lowest BCUT2D eigenvalue weighted by Gasteiger charge is -2.09.